The van der Waals surface area contributed by atoms with E-state index in [2.05, 4.69) is 10.0 Å². The molecule has 0 radical (unpaired) electrons. The highest BCUT2D eigenvalue weighted by molar-refractivity contribution is 7.88. The Morgan fingerprint density at radius 3 is 2.32 bits per heavy atom. The Morgan fingerprint density at radius 1 is 1.32 bits per heavy atom. The Hall–Kier alpha value is -1.60. The lowest BCUT2D eigenvalue weighted by molar-refractivity contribution is -0.121. The average molecular weight is 286 g/mol. The molecular weight excluding hydrogens is 268 g/mol. The molecule has 1 rings (SSSR count). The van der Waals surface area contributed by atoms with E-state index in [-0.39, 0.29) is 12.3 Å². The highest BCUT2D eigenvalue weighted by Crippen LogP contribution is 2.20. The maximum atomic E-state index is 11.4. The minimum atomic E-state index is -3.40. The molecule has 0 saturated carbocycles. The molecule has 106 valence electrons. The molecule has 1 aromatic carbocycles. The number of rotatable bonds is 6. The van der Waals surface area contributed by atoms with Gasteiger partial charge in [0.25, 0.3) is 0 Å². The Bertz CT molecular complexity index is 525. The zero-order valence-electron chi connectivity index (χ0n) is 11.1. The van der Waals surface area contributed by atoms with Gasteiger partial charge in [-0.1, -0.05) is 12.1 Å². The second kappa shape index (κ2) is 6.53. The van der Waals surface area contributed by atoms with Crippen LogP contribution < -0.4 is 14.8 Å². The fourth-order valence-electron chi connectivity index (χ4n) is 1.61. The summed E-state index contributed by atoms with van der Waals surface area (Å²) in [6.07, 6.45) is 1.10. The van der Waals surface area contributed by atoms with E-state index < -0.39 is 16.1 Å². The summed E-state index contributed by atoms with van der Waals surface area (Å²) in [5.41, 5.74) is 0.704. The molecule has 0 aliphatic rings. The number of carbonyl (C=O) groups is 1. The molecule has 1 atom stereocenters. The quantitative estimate of drug-likeness (QED) is 0.794. The minimum Gasteiger partial charge on any atom is -0.497 e. The van der Waals surface area contributed by atoms with Crippen LogP contribution in [-0.2, 0) is 14.8 Å². The fraction of sp³-hybridized carbons (Fsp3) is 0.417. The first-order valence-electron chi connectivity index (χ1n) is 5.67. The van der Waals surface area contributed by atoms with Gasteiger partial charge in [-0.3, -0.25) is 4.79 Å². The van der Waals surface area contributed by atoms with E-state index in [1.807, 2.05) is 0 Å². The zero-order valence-corrected chi connectivity index (χ0v) is 12.0. The third kappa shape index (κ3) is 5.27. The molecule has 0 aliphatic carbocycles. The van der Waals surface area contributed by atoms with Gasteiger partial charge in [-0.05, 0) is 17.7 Å². The molecule has 1 amide bonds. The van der Waals surface area contributed by atoms with Crippen molar-refractivity contribution in [3.63, 3.8) is 0 Å². The summed E-state index contributed by atoms with van der Waals surface area (Å²) in [7, 11) is -0.347. The first-order chi connectivity index (χ1) is 8.85. The molecule has 19 heavy (non-hydrogen) atoms. The van der Waals surface area contributed by atoms with Gasteiger partial charge >= 0.3 is 0 Å². The van der Waals surface area contributed by atoms with Crippen molar-refractivity contribution in [1.82, 2.24) is 10.0 Å². The van der Waals surface area contributed by atoms with Gasteiger partial charge in [0.15, 0.2) is 0 Å². The maximum absolute atomic E-state index is 11.4. The molecule has 0 bridgehead atoms. The summed E-state index contributed by atoms with van der Waals surface area (Å²) >= 11 is 0. The van der Waals surface area contributed by atoms with Crippen molar-refractivity contribution in [1.29, 1.82) is 0 Å². The normalized spacial score (nSPS) is 12.8. The standard InChI is InChI=1S/C12H18N2O4S/c1-13-12(15)8-11(14-19(3,16)17)9-4-6-10(18-2)7-5-9/h4-7,11,14H,8H2,1-3H3,(H,13,15)/t11-/m1/s1. The van der Waals surface area contributed by atoms with Gasteiger partial charge in [0, 0.05) is 13.5 Å². The maximum Gasteiger partial charge on any atom is 0.221 e. The molecule has 7 heteroatoms. The lowest BCUT2D eigenvalue weighted by atomic mass is 10.0. The van der Waals surface area contributed by atoms with Gasteiger partial charge in [0.2, 0.25) is 15.9 Å². The summed E-state index contributed by atoms with van der Waals surface area (Å²) in [5, 5.41) is 2.48. The third-order valence-corrected chi connectivity index (χ3v) is 3.26. The van der Waals surface area contributed by atoms with E-state index in [4.69, 9.17) is 4.74 Å². The van der Waals surface area contributed by atoms with E-state index in [0.29, 0.717) is 11.3 Å². The molecule has 2 N–H and O–H groups in total. The van der Waals surface area contributed by atoms with Crippen molar-refractivity contribution in [2.24, 2.45) is 0 Å². The van der Waals surface area contributed by atoms with Gasteiger partial charge < -0.3 is 10.1 Å². The number of carbonyl (C=O) groups excluding carboxylic acids is 1. The number of methoxy groups -OCH3 is 1. The molecule has 0 saturated heterocycles. The van der Waals surface area contributed by atoms with Crippen LogP contribution in [0.4, 0.5) is 0 Å². The van der Waals surface area contributed by atoms with Crippen LogP contribution >= 0.6 is 0 Å². The largest absolute Gasteiger partial charge is 0.497 e. The van der Waals surface area contributed by atoms with E-state index in [1.165, 1.54) is 7.05 Å². The average Bonchev–Trinajstić information content (AvgIpc) is 2.36. The number of amides is 1. The topological polar surface area (TPSA) is 84.5 Å². The van der Waals surface area contributed by atoms with Crippen LogP contribution in [0, 0.1) is 0 Å². The number of sulfonamides is 1. The molecule has 0 aliphatic heterocycles. The van der Waals surface area contributed by atoms with Crippen molar-refractivity contribution < 1.29 is 17.9 Å². The summed E-state index contributed by atoms with van der Waals surface area (Å²) in [6.45, 7) is 0. The highest BCUT2D eigenvalue weighted by Gasteiger charge is 2.19. The van der Waals surface area contributed by atoms with Crippen molar-refractivity contribution >= 4 is 15.9 Å². The predicted molar refractivity (Wildman–Crippen MR) is 72.4 cm³/mol. The van der Waals surface area contributed by atoms with Crippen LogP contribution in [0.5, 0.6) is 5.75 Å². The molecule has 1 aromatic rings. The van der Waals surface area contributed by atoms with Crippen LogP contribution in [-0.4, -0.2) is 34.7 Å². The first kappa shape index (κ1) is 15.5. The molecule has 0 fully saturated rings. The summed E-state index contributed by atoms with van der Waals surface area (Å²) in [5.74, 6) is 0.429. The fourth-order valence-corrected chi connectivity index (χ4v) is 2.35. The third-order valence-electron chi connectivity index (χ3n) is 2.54. The molecule has 0 unspecified atom stereocenters. The molecule has 0 spiro atoms. The summed E-state index contributed by atoms with van der Waals surface area (Å²) in [4.78, 5) is 11.4. The number of ether oxygens (including phenoxy) is 1. The monoisotopic (exact) mass is 286 g/mol. The Kier molecular flexibility index (Phi) is 5.31. The second-order valence-electron chi connectivity index (χ2n) is 4.09. The second-order valence-corrected chi connectivity index (χ2v) is 5.87. The van der Waals surface area contributed by atoms with Crippen molar-refractivity contribution in [2.45, 2.75) is 12.5 Å². The summed E-state index contributed by atoms with van der Waals surface area (Å²) in [6, 6.07) is 6.29. The Morgan fingerprint density at radius 2 is 1.89 bits per heavy atom. The van der Waals surface area contributed by atoms with Gasteiger partial charge in [-0.2, -0.15) is 0 Å². The van der Waals surface area contributed by atoms with E-state index >= 15 is 0 Å². The summed E-state index contributed by atoms with van der Waals surface area (Å²) < 4.78 is 30.2. The van der Waals surface area contributed by atoms with Crippen LogP contribution in [0.3, 0.4) is 0 Å². The lowest BCUT2D eigenvalue weighted by Gasteiger charge is -2.17. The van der Waals surface area contributed by atoms with Crippen LogP contribution in [0.2, 0.25) is 0 Å². The smallest absolute Gasteiger partial charge is 0.221 e. The number of hydrogen-bond acceptors (Lipinski definition) is 4. The van der Waals surface area contributed by atoms with Crippen LogP contribution in [0.15, 0.2) is 24.3 Å². The molecule has 0 heterocycles. The Labute approximate surface area is 113 Å². The first-order valence-corrected chi connectivity index (χ1v) is 7.56. The van der Waals surface area contributed by atoms with Crippen LogP contribution in [0.25, 0.3) is 0 Å². The van der Waals surface area contributed by atoms with Gasteiger partial charge in [0.05, 0.1) is 19.4 Å². The van der Waals surface area contributed by atoms with Gasteiger partial charge in [-0.15, -0.1) is 0 Å². The number of benzene rings is 1. The number of nitrogens with one attached hydrogen (secondary N) is 2. The van der Waals surface area contributed by atoms with Crippen LogP contribution in [0.1, 0.15) is 18.0 Å². The zero-order chi connectivity index (χ0) is 14.5. The molecular formula is C12H18N2O4S. The lowest BCUT2D eigenvalue weighted by Crippen LogP contribution is -2.32. The van der Waals surface area contributed by atoms with Gasteiger partial charge in [-0.25, -0.2) is 13.1 Å². The predicted octanol–water partition coefficient (Wildman–Crippen LogP) is 0.422. The Balaban J connectivity index is 2.96. The van der Waals surface area contributed by atoms with E-state index in [9.17, 15) is 13.2 Å². The van der Waals surface area contributed by atoms with E-state index in [1.54, 1.807) is 31.4 Å². The van der Waals surface area contributed by atoms with Crippen molar-refractivity contribution in [3.05, 3.63) is 29.8 Å². The molecule has 6 nitrogen and oxygen atoms in total. The van der Waals surface area contributed by atoms with Crippen molar-refractivity contribution in [2.75, 3.05) is 20.4 Å². The van der Waals surface area contributed by atoms with E-state index in [0.717, 1.165) is 6.26 Å². The van der Waals surface area contributed by atoms with Gasteiger partial charge in [0.1, 0.15) is 5.75 Å². The molecule has 0 aromatic heterocycles. The van der Waals surface area contributed by atoms with Crippen molar-refractivity contribution in [3.8, 4) is 5.75 Å². The SMILES string of the molecule is CNC(=O)C[C@@H](NS(C)(=O)=O)c1ccc(OC)cc1. The highest BCUT2D eigenvalue weighted by atomic mass is 32.2. The number of hydrogen-bond donors (Lipinski definition) is 2. The minimum absolute atomic E-state index is 0.0376.